The topological polar surface area (TPSA) is 54.8 Å². The normalized spacial score (nSPS) is 15.2. The number of rotatable bonds is 4. The average Bonchev–Trinajstić information content (AvgIpc) is 2.62. The maximum Gasteiger partial charge on any atom is 0.343 e. The first kappa shape index (κ1) is 19.1. The number of anilines is 1. The second-order valence-electron chi connectivity index (χ2n) is 6.81. The van der Waals surface area contributed by atoms with Gasteiger partial charge in [0.25, 0.3) is 0 Å². The number of carbonyl (C=O) groups excluding carboxylic acids is 1. The van der Waals surface area contributed by atoms with E-state index < -0.39 is 17.2 Å². The highest BCUT2D eigenvalue weighted by Crippen LogP contribution is 2.27. The van der Waals surface area contributed by atoms with Gasteiger partial charge in [0.1, 0.15) is 11.4 Å². The minimum absolute atomic E-state index is 0.126. The van der Waals surface area contributed by atoms with Crippen molar-refractivity contribution in [3.63, 3.8) is 0 Å². The third kappa shape index (κ3) is 3.60. The number of benzene rings is 1. The average molecular weight is 373 g/mol. The van der Waals surface area contributed by atoms with Crippen LogP contribution in [0.3, 0.4) is 0 Å². The number of hydrogen-bond acceptors (Lipinski definition) is 5. The van der Waals surface area contributed by atoms with Gasteiger partial charge < -0.3 is 19.1 Å². The van der Waals surface area contributed by atoms with Crippen LogP contribution in [0.2, 0.25) is 0 Å². The summed E-state index contributed by atoms with van der Waals surface area (Å²) in [7, 11) is 2.03. The Morgan fingerprint density at radius 2 is 1.93 bits per heavy atom. The molecule has 0 amide bonds. The highest BCUT2D eigenvalue weighted by Gasteiger charge is 2.22. The summed E-state index contributed by atoms with van der Waals surface area (Å²) in [5.74, 6) is -1.19. The van der Waals surface area contributed by atoms with Crippen LogP contribution in [0.4, 0.5) is 10.1 Å². The molecule has 2 heterocycles. The summed E-state index contributed by atoms with van der Waals surface area (Å²) in [6.45, 7) is 10.6. The fraction of sp³-hybridized carbons (Fsp3) is 0.400. The van der Waals surface area contributed by atoms with E-state index >= 15 is 0 Å². The van der Waals surface area contributed by atoms with Gasteiger partial charge in [0.15, 0.2) is 0 Å². The SMILES string of the molecule is C=C(C)n1cc(C(=O)OCC)c(=O)c2cc(F)c(N3CCN(C)CC3)cc21. The third-order valence-electron chi connectivity index (χ3n) is 4.82. The van der Waals surface area contributed by atoms with E-state index in [0.29, 0.717) is 30.0 Å². The van der Waals surface area contributed by atoms with Gasteiger partial charge in [0.2, 0.25) is 5.43 Å². The van der Waals surface area contributed by atoms with Crippen LogP contribution in [-0.2, 0) is 4.74 Å². The molecule has 0 spiro atoms. The number of piperazine rings is 1. The predicted molar refractivity (Wildman–Crippen MR) is 105 cm³/mol. The molecule has 1 aromatic heterocycles. The zero-order valence-corrected chi connectivity index (χ0v) is 15.9. The molecule has 1 fully saturated rings. The van der Waals surface area contributed by atoms with E-state index in [9.17, 15) is 14.0 Å². The van der Waals surface area contributed by atoms with Gasteiger partial charge in [-0.2, -0.15) is 0 Å². The fourth-order valence-electron chi connectivity index (χ4n) is 3.29. The molecule has 0 saturated carbocycles. The van der Waals surface area contributed by atoms with Crippen molar-refractivity contribution in [1.29, 1.82) is 0 Å². The standard InChI is InChI=1S/C20H24FN3O3/c1-5-27-20(26)15-12-24(13(2)3)17-11-18(16(21)10-14(17)19(15)25)23-8-6-22(4)7-9-23/h10-12H,2,5-9H2,1,3-4H3. The quantitative estimate of drug-likeness (QED) is 0.771. The summed E-state index contributed by atoms with van der Waals surface area (Å²) >= 11 is 0. The molecule has 27 heavy (non-hydrogen) atoms. The molecule has 0 bridgehead atoms. The first-order chi connectivity index (χ1) is 12.8. The maximum atomic E-state index is 14.9. The fourth-order valence-corrected chi connectivity index (χ4v) is 3.29. The van der Waals surface area contributed by atoms with Crippen LogP contribution in [0.5, 0.6) is 0 Å². The van der Waals surface area contributed by atoms with Crippen LogP contribution >= 0.6 is 0 Å². The summed E-state index contributed by atoms with van der Waals surface area (Å²) < 4.78 is 21.5. The van der Waals surface area contributed by atoms with Crippen LogP contribution in [0.15, 0.2) is 29.7 Å². The Labute approximate surface area is 157 Å². The Morgan fingerprint density at radius 3 is 2.52 bits per heavy atom. The van der Waals surface area contributed by atoms with Crippen molar-refractivity contribution < 1.29 is 13.9 Å². The molecule has 6 nitrogen and oxygen atoms in total. The Balaban J connectivity index is 2.20. The molecule has 144 valence electrons. The van der Waals surface area contributed by atoms with Crippen molar-refractivity contribution in [1.82, 2.24) is 9.47 Å². The van der Waals surface area contributed by atoms with E-state index in [0.717, 1.165) is 13.1 Å². The lowest BCUT2D eigenvalue weighted by Gasteiger charge is -2.34. The Morgan fingerprint density at radius 1 is 1.26 bits per heavy atom. The van der Waals surface area contributed by atoms with Gasteiger partial charge in [-0.15, -0.1) is 0 Å². The summed E-state index contributed by atoms with van der Waals surface area (Å²) in [5.41, 5.74) is 0.926. The summed E-state index contributed by atoms with van der Waals surface area (Å²) in [4.78, 5) is 29.1. The number of hydrogen-bond donors (Lipinski definition) is 0. The van der Waals surface area contributed by atoms with E-state index in [4.69, 9.17) is 4.74 Å². The number of allylic oxidation sites excluding steroid dienone is 1. The van der Waals surface area contributed by atoms with Gasteiger partial charge in [-0.25, -0.2) is 9.18 Å². The molecule has 3 rings (SSSR count). The first-order valence-corrected chi connectivity index (χ1v) is 8.99. The van der Waals surface area contributed by atoms with Crippen LogP contribution in [0.1, 0.15) is 24.2 Å². The molecule has 1 aliphatic heterocycles. The van der Waals surface area contributed by atoms with Gasteiger partial charge in [-0.05, 0) is 33.0 Å². The Kier molecular flexibility index (Phi) is 5.32. The van der Waals surface area contributed by atoms with Crippen LogP contribution in [0.25, 0.3) is 16.6 Å². The lowest BCUT2D eigenvalue weighted by Crippen LogP contribution is -2.44. The number of ether oxygens (including phenoxy) is 1. The summed E-state index contributed by atoms with van der Waals surface area (Å²) in [5, 5.41) is 0.138. The highest BCUT2D eigenvalue weighted by molar-refractivity contribution is 5.95. The summed E-state index contributed by atoms with van der Waals surface area (Å²) in [6, 6.07) is 2.88. The number of aromatic nitrogens is 1. The molecule has 0 radical (unpaired) electrons. The van der Waals surface area contributed by atoms with Crippen LogP contribution in [-0.4, -0.2) is 55.3 Å². The molecule has 7 heteroatoms. The maximum absolute atomic E-state index is 14.9. The second-order valence-corrected chi connectivity index (χ2v) is 6.81. The molecule has 1 saturated heterocycles. The lowest BCUT2D eigenvalue weighted by atomic mass is 10.1. The molecule has 0 atom stereocenters. The van der Waals surface area contributed by atoms with Crippen molar-refractivity contribution in [3.05, 3.63) is 46.5 Å². The van der Waals surface area contributed by atoms with Crippen LogP contribution < -0.4 is 10.3 Å². The molecule has 0 aliphatic carbocycles. The van der Waals surface area contributed by atoms with Crippen molar-refractivity contribution in [3.8, 4) is 0 Å². The van der Waals surface area contributed by atoms with Crippen molar-refractivity contribution in [2.75, 3.05) is 44.7 Å². The van der Waals surface area contributed by atoms with Gasteiger partial charge >= 0.3 is 5.97 Å². The monoisotopic (exact) mass is 373 g/mol. The minimum atomic E-state index is -0.719. The Hall–Kier alpha value is -2.67. The third-order valence-corrected chi connectivity index (χ3v) is 4.82. The Bertz CT molecular complexity index is 959. The molecule has 0 unspecified atom stereocenters. The molecule has 1 aromatic carbocycles. The van der Waals surface area contributed by atoms with Gasteiger partial charge in [0.05, 0.1) is 17.8 Å². The van der Waals surface area contributed by atoms with E-state index in [1.165, 1.54) is 12.3 Å². The van der Waals surface area contributed by atoms with E-state index in [-0.39, 0.29) is 17.6 Å². The predicted octanol–water partition coefficient (Wildman–Crippen LogP) is 2.56. The number of pyridine rings is 1. The van der Waals surface area contributed by atoms with Gasteiger partial charge in [-0.1, -0.05) is 6.58 Å². The molecular formula is C20H24FN3O3. The first-order valence-electron chi connectivity index (χ1n) is 8.99. The smallest absolute Gasteiger partial charge is 0.343 e. The number of nitrogens with zero attached hydrogens (tertiary/aromatic N) is 3. The molecule has 0 N–H and O–H groups in total. The second kappa shape index (κ2) is 7.52. The largest absolute Gasteiger partial charge is 0.462 e. The number of esters is 1. The van der Waals surface area contributed by atoms with Crippen LogP contribution in [0, 0.1) is 5.82 Å². The minimum Gasteiger partial charge on any atom is -0.462 e. The highest BCUT2D eigenvalue weighted by atomic mass is 19.1. The lowest BCUT2D eigenvalue weighted by molar-refractivity contribution is 0.0524. The molecule has 1 aliphatic rings. The zero-order chi connectivity index (χ0) is 19.7. The zero-order valence-electron chi connectivity index (χ0n) is 15.9. The number of likely N-dealkylation sites (N-methyl/N-ethyl adjacent to an activating group) is 1. The number of carbonyl (C=O) groups is 1. The summed E-state index contributed by atoms with van der Waals surface area (Å²) in [6.07, 6.45) is 1.43. The van der Waals surface area contributed by atoms with Gasteiger partial charge in [-0.3, -0.25) is 4.79 Å². The number of halogens is 1. The van der Waals surface area contributed by atoms with E-state index in [1.54, 1.807) is 24.5 Å². The van der Waals surface area contributed by atoms with E-state index in [2.05, 4.69) is 11.5 Å². The van der Waals surface area contributed by atoms with Crippen molar-refractivity contribution in [2.24, 2.45) is 0 Å². The van der Waals surface area contributed by atoms with Gasteiger partial charge in [0, 0.05) is 43.5 Å². The number of fused-ring (bicyclic) bond motifs is 1. The van der Waals surface area contributed by atoms with Crippen molar-refractivity contribution in [2.45, 2.75) is 13.8 Å². The molecule has 2 aromatic rings. The molecular weight excluding hydrogens is 349 g/mol. The van der Waals surface area contributed by atoms with Crippen molar-refractivity contribution >= 4 is 28.3 Å². The van der Waals surface area contributed by atoms with E-state index in [1.807, 2.05) is 11.9 Å².